The van der Waals surface area contributed by atoms with Gasteiger partial charge in [-0.2, -0.15) is 0 Å². The Bertz CT molecular complexity index is 1500. The Morgan fingerprint density at radius 3 is 2.43 bits per heavy atom. The van der Waals surface area contributed by atoms with Crippen LogP contribution in [-0.2, 0) is 25.5 Å². The number of phenolic OH excluding ortho intramolecular Hbond substituents is 2. The lowest BCUT2D eigenvalue weighted by Crippen LogP contribution is -2.49. The molecule has 1 fully saturated rings. The van der Waals surface area contributed by atoms with E-state index in [9.17, 15) is 44.7 Å². The maximum atomic E-state index is 13.7. The van der Waals surface area contributed by atoms with Crippen LogP contribution in [0.3, 0.4) is 0 Å². The number of ketones is 4. The van der Waals surface area contributed by atoms with E-state index in [-0.39, 0.29) is 46.6 Å². The molecule has 1 saturated heterocycles. The molecule has 0 radical (unpaired) electrons. The first-order chi connectivity index (χ1) is 19.8. The number of Topliss-reactive ketones (excluding diaryl/α,β-unsaturated/α-hetero) is 2. The number of carbonyl (C=O) groups is 4. The van der Waals surface area contributed by atoms with Gasteiger partial charge in [0, 0.05) is 42.4 Å². The molecular formula is C30H32O12. The molecule has 1 aliphatic heterocycles. The van der Waals surface area contributed by atoms with Crippen LogP contribution in [0.15, 0.2) is 18.2 Å². The molecule has 224 valence electrons. The Balaban J connectivity index is 1.65. The molecule has 42 heavy (non-hydrogen) atoms. The molecule has 2 aromatic rings. The van der Waals surface area contributed by atoms with Gasteiger partial charge in [-0.25, -0.2) is 0 Å². The number of hydrogen-bond donors (Lipinski definition) is 5. The third-order valence-electron chi connectivity index (χ3n) is 8.43. The molecule has 0 bridgehead atoms. The predicted octanol–water partition coefficient (Wildman–Crippen LogP) is 1.27. The largest absolute Gasteiger partial charge is 0.507 e. The van der Waals surface area contributed by atoms with E-state index < -0.39 is 95.5 Å². The Labute approximate surface area is 240 Å². The summed E-state index contributed by atoms with van der Waals surface area (Å²) in [7, 11) is 1.32. The molecule has 2 aliphatic carbocycles. The lowest BCUT2D eigenvalue weighted by Gasteiger charge is -2.42. The van der Waals surface area contributed by atoms with E-state index >= 15 is 0 Å². The fraction of sp³-hybridized carbons (Fsp3) is 0.467. The smallest absolute Gasteiger partial charge is 0.202 e. The number of hydrogen-bond acceptors (Lipinski definition) is 12. The van der Waals surface area contributed by atoms with Gasteiger partial charge >= 0.3 is 0 Å². The van der Waals surface area contributed by atoms with Crippen molar-refractivity contribution in [2.75, 3.05) is 13.7 Å². The number of ether oxygens (including phenoxy) is 3. The summed E-state index contributed by atoms with van der Waals surface area (Å²) in [6.45, 7) is 1.93. The number of benzene rings is 2. The van der Waals surface area contributed by atoms with Crippen LogP contribution in [0, 0.1) is 5.92 Å². The SMILES string of the molecule is COc1cccc2c1C(=O)c1c(O)c3c(c(O)c1C2=O)C[C@@](O)(C(=O)CO)C[C@@H]3O[C@H]1C[C@H](CC(C)=O)[C@H](O)[C@H](C)O1. The molecule has 2 aromatic carbocycles. The summed E-state index contributed by atoms with van der Waals surface area (Å²) in [6, 6.07) is 4.35. The fourth-order valence-electron chi connectivity index (χ4n) is 6.38. The van der Waals surface area contributed by atoms with Crippen LogP contribution in [0.5, 0.6) is 17.2 Å². The monoisotopic (exact) mass is 584 g/mol. The highest BCUT2D eigenvalue weighted by Gasteiger charge is 2.50. The van der Waals surface area contributed by atoms with Crippen molar-refractivity contribution in [2.24, 2.45) is 5.92 Å². The normalized spacial score (nSPS) is 28.5. The van der Waals surface area contributed by atoms with Crippen molar-refractivity contribution in [1.82, 2.24) is 0 Å². The average Bonchev–Trinajstić information content (AvgIpc) is 2.94. The summed E-state index contributed by atoms with van der Waals surface area (Å²) in [4.78, 5) is 51.8. The van der Waals surface area contributed by atoms with Crippen molar-refractivity contribution >= 4 is 23.1 Å². The first kappa shape index (κ1) is 29.8. The third-order valence-corrected chi connectivity index (χ3v) is 8.43. The highest BCUT2D eigenvalue weighted by molar-refractivity contribution is 6.31. The second-order valence-corrected chi connectivity index (χ2v) is 11.2. The van der Waals surface area contributed by atoms with Gasteiger partial charge in [0.2, 0.25) is 5.78 Å². The first-order valence-corrected chi connectivity index (χ1v) is 13.5. The van der Waals surface area contributed by atoms with E-state index in [0.717, 1.165) is 0 Å². The maximum absolute atomic E-state index is 13.7. The zero-order valence-electron chi connectivity index (χ0n) is 23.2. The fourth-order valence-corrected chi connectivity index (χ4v) is 6.38. The quantitative estimate of drug-likeness (QED) is 0.250. The van der Waals surface area contributed by atoms with Crippen LogP contribution in [0.4, 0.5) is 0 Å². The molecule has 3 aliphatic rings. The summed E-state index contributed by atoms with van der Waals surface area (Å²) in [5, 5.41) is 54.5. The Hall–Kier alpha value is -3.68. The molecule has 1 heterocycles. The molecule has 5 N–H and O–H groups in total. The van der Waals surface area contributed by atoms with E-state index in [2.05, 4.69) is 0 Å². The number of aliphatic hydroxyl groups excluding tert-OH is 2. The standard InChI is InChI=1S/C30H32O12/c1-12(32)7-14-8-20(41-13(2)25(14)34)42-18-10-30(39,19(33)11-31)9-16-22(18)29(38)24-23(27(16)36)26(35)15-5-4-6-17(40-3)21(15)28(24)37/h4-6,13-14,18,20,25,31,34,36,38-39H,7-11H2,1-3H3/t13-,14-,18-,20-,25+,30-/m0/s1. The van der Waals surface area contributed by atoms with Crippen molar-refractivity contribution < 1.29 is 58.9 Å². The predicted molar refractivity (Wildman–Crippen MR) is 143 cm³/mol. The van der Waals surface area contributed by atoms with E-state index in [1.54, 1.807) is 6.92 Å². The average molecular weight is 585 g/mol. The van der Waals surface area contributed by atoms with Crippen molar-refractivity contribution in [3.05, 3.63) is 51.6 Å². The molecule has 0 saturated carbocycles. The minimum absolute atomic E-state index is 0.0420. The van der Waals surface area contributed by atoms with Gasteiger partial charge in [-0.1, -0.05) is 12.1 Å². The highest BCUT2D eigenvalue weighted by atomic mass is 16.7. The van der Waals surface area contributed by atoms with Crippen molar-refractivity contribution in [2.45, 2.75) is 69.7 Å². The van der Waals surface area contributed by atoms with Crippen LogP contribution < -0.4 is 4.74 Å². The maximum Gasteiger partial charge on any atom is 0.202 e. The summed E-state index contributed by atoms with van der Waals surface area (Å²) in [5.41, 5.74) is -3.75. The summed E-state index contributed by atoms with van der Waals surface area (Å²) >= 11 is 0. The molecule has 5 rings (SSSR count). The van der Waals surface area contributed by atoms with E-state index in [0.29, 0.717) is 0 Å². The number of methoxy groups -OCH3 is 1. The molecule has 12 heteroatoms. The number of carbonyl (C=O) groups excluding carboxylic acids is 4. The summed E-state index contributed by atoms with van der Waals surface area (Å²) in [5.74, 6) is -4.56. The van der Waals surface area contributed by atoms with Gasteiger partial charge in [-0.15, -0.1) is 0 Å². The summed E-state index contributed by atoms with van der Waals surface area (Å²) < 4.78 is 17.2. The minimum atomic E-state index is -2.27. The van der Waals surface area contributed by atoms with Crippen LogP contribution in [0.25, 0.3) is 0 Å². The molecule has 6 atom stereocenters. The first-order valence-electron chi connectivity index (χ1n) is 13.5. The Kier molecular flexibility index (Phi) is 7.71. The van der Waals surface area contributed by atoms with Gasteiger partial charge < -0.3 is 44.5 Å². The van der Waals surface area contributed by atoms with E-state index in [1.807, 2.05) is 0 Å². The van der Waals surface area contributed by atoms with Crippen LogP contribution >= 0.6 is 0 Å². The third kappa shape index (κ3) is 4.69. The number of fused-ring (bicyclic) bond motifs is 3. The van der Waals surface area contributed by atoms with Gasteiger partial charge in [-0.05, 0) is 25.8 Å². The highest BCUT2D eigenvalue weighted by Crippen LogP contribution is 2.52. The number of aromatic hydroxyl groups is 2. The number of rotatable bonds is 7. The topological polar surface area (TPSA) is 197 Å². The molecular weight excluding hydrogens is 552 g/mol. The molecule has 0 spiro atoms. The van der Waals surface area contributed by atoms with Gasteiger partial charge in [0.05, 0.1) is 42.1 Å². The molecule has 12 nitrogen and oxygen atoms in total. The van der Waals surface area contributed by atoms with Crippen LogP contribution in [0.2, 0.25) is 0 Å². The molecule has 0 aromatic heterocycles. The van der Waals surface area contributed by atoms with Gasteiger partial charge in [0.1, 0.15) is 35.2 Å². The second-order valence-electron chi connectivity index (χ2n) is 11.2. The Morgan fingerprint density at radius 1 is 1.10 bits per heavy atom. The second kappa shape index (κ2) is 10.9. The van der Waals surface area contributed by atoms with E-state index in [4.69, 9.17) is 14.2 Å². The molecule has 0 unspecified atom stereocenters. The minimum Gasteiger partial charge on any atom is -0.507 e. The van der Waals surface area contributed by atoms with Gasteiger partial charge in [0.15, 0.2) is 17.9 Å². The van der Waals surface area contributed by atoms with Crippen molar-refractivity contribution in [3.8, 4) is 17.2 Å². The van der Waals surface area contributed by atoms with E-state index in [1.165, 1.54) is 32.2 Å². The zero-order valence-corrected chi connectivity index (χ0v) is 23.2. The van der Waals surface area contributed by atoms with Crippen LogP contribution in [0.1, 0.15) is 82.2 Å². The van der Waals surface area contributed by atoms with Crippen molar-refractivity contribution in [1.29, 1.82) is 0 Å². The lowest BCUT2D eigenvalue weighted by molar-refractivity contribution is -0.257. The molecule has 0 amide bonds. The van der Waals surface area contributed by atoms with Crippen molar-refractivity contribution in [3.63, 3.8) is 0 Å². The van der Waals surface area contributed by atoms with Gasteiger partial charge in [-0.3, -0.25) is 14.4 Å². The zero-order chi connectivity index (χ0) is 30.7. The number of phenols is 2. The summed E-state index contributed by atoms with van der Waals surface area (Å²) in [6.07, 6.45) is -5.20. The van der Waals surface area contributed by atoms with Crippen LogP contribution in [-0.4, -0.2) is 86.5 Å². The lowest BCUT2D eigenvalue weighted by atomic mass is 9.72. The Morgan fingerprint density at radius 2 is 1.79 bits per heavy atom. The number of aliphatic hydroxyl groups is 3. The van der Waals surface area contributed by atoms with Gasteiger partial charge in [0.25, 0.3) is 0 Å².